The fraction of sp³-hybridized carbons (Fsp3) is 0.571. The van der Waals surface area contributed by atoms with Crippen molar-refractivity contribution in [3.05, 3.63) is 24.3 Å². The van der Waals surface area contributed by atoms with Crippen molar-refractivity contribution >= 4 is 11.9 Å². The first-order valence-electron chi connectivity index (χ1n) is 6.25. The number of aliphatic hydroxyl groups excluding tert-OH is 1. The standard InChI is InChI=1S/C8H13NO2.C6H10O3/c1-6(2)8(10)9(3)4-7-5-11-7;1-5(2)6(8)9-4-3-7/h7H,1,4-5H2,2-3H3;7H,1,3-4H2,2H3. The van der Waals surface area contributed by atoms with Crippen molar-refractivity contribution in [2.75, 3.05) is 33.4 Å². The normalized spacial score (nSPS) is 15.5. The Labute approximate surface area is 119 Å². The van der Waals surface area contributed by atoms with Crippen LogP contribution in [0.1, 0.15) is 13.8 Å². The zero-order chi connectivity index (χ0) is 15.7. The maximum absolute atomic E-state index is 11.2. The molecule has 1 N–H and O–H groups in total. The molecule has 0 aromatic heterocycles. The topological polar surface area (TPSA) is 79.4 Å². The van der Waals surface area contributed by atoms with E-state index in [4.69, 9.17) is 9.84 Å². The van der Waals surface area contributed by atoms with Gasteiger partial charge < -0.3 is 19.5 Å². The van der Waals surface area contributed by atoms with Gasteiger partial charge in [0.1, 0.15) is 6.61 Å². The third kappa shape index (κ3) is 8.44. The van der Waals surface area contributed by atoms with Gasteiger partial charge in [-0.2, -0.15) is 0 Å². The lowest BCUT2D eigenvalue weighted by Crippen LogP contribution is -2.30. The number of carbonyl (C=O) groups excluding carboxylic acids is 2. The Kier molecular flexibility index (Phi) is 8.51. The van der Waals surface area contributed by atoms with Crippen molar-refractivity contribution in [2.45, 2.75) is 20.0 Å². The van der Waals surface area contributed by atoms with Crippen molar-refractivity contribution in [2.24, 2.45) is 0 Å². The minimum atomic E-state index is -0.455. The summed E-state index contributed by atoms with van der Waals surface area (Å²) in [5.41, 5.74) is 0.927. The fourth-order valence-electron chi connectivity index (χ4n) is 1.15. The molecule has 0 aromatic rings. The van der Waals surface area contributed by atoms with E-state index in [1.807, 2.05) is 0 Å². The first kappa shape index (κ1) is 18.3. The molecule has 0 bridgehead atoms. The van der Waals surface area contributed by atoms with E-state index in [2.05, 4.69) is 17.9 Å². The number of amides is 1. The van der Waals surface area contributed by atoms with E-state index in [1.54, 1.807) is 25.8 Å². The quantitative estimate of drug-likeness (QED) is 0.437. The molecule has 1 aliphatic heterocycles. The maximum Gasteiger partial charge on any atom is 0.333 e. The van der Waals surface area contributed by atoms with Crippen LogP contribution in [0.3, 0.4) is 0 Å². The Morgan fingerprint density at radius 2 is 1.90 bits per heavy atom. The molecule has 114 valence electrons. The summed E-state index contributed by atoms with van der Waals surface area (Å²) in [5, 5.41) is 8.19. The zero-order valence-electron chi connectivity index (χ0n) is 12.3. The molecule has 1 fully saturated rings. The molecule has 1 amide bonds. The maximum atomic E-state index is 11.2. The zero-order valence-corrected chi connectivity index (χ0v) is 12.3. The highest BCUT2D eigenvalue weighted by Crippen LogP contribution is 2.10. The number of esters is 1. The minimum absolute atomic E-state index is 0.000463. The molecule has 1 unspecified atom stereocenters. The van der Waals surface area contributed by atoms with Crippen molar-refractivity contribution < 1.29 is 24.2 Å². The van der Waals surface area contributed by atoms with Crippen molar-refractivity contribution in [1.82, 2.24) is 4.90 Å². The molecule has 1 heterocycles. The number of nitrogens with zero attached hydrogens (tertiary/aromatic N) is 1. The molecule has 1 saturated heterocycles. The van der Waals surface area contributed by atoms with Crippen molar-refractivity contribution in [3.63, 3.8) is 0 Å². The SMILES string of the molecule is C=C(C)C(=O)N(C)CC1CO1.C=C(C)C(=O)OCCO. The van der Waals surface area contributed by atoms with Crippen LogP contribution in [0, 0.1) is 0 Å². The lowest BCUT2D eigenvalue weighted by molar-refractivity contribution is -0.139. The third-order valence-corrected chi connectivity index (χ3v) is 2.26. The summed E-state index contributed by atoms with van der Waals surface area (Å²) in [6, 6.07) is 0. The van der Waals surface area contributed by atoms with Crippen LogP contribution in [0.15, 0.2) is 24.3 Å². The van der Waals surface area contributed by atoms with E-state index in [0.717, 1.165) is 6.61 Å². The van der Waals surface area contributed by atoms with E-state index >= 15 is 0 Å². The van der Waals surface area contributed by atoms with Gasteiger partial charge in [0.2, 0.25) is 5.91 Å². The van der Waals surface area contributed by atoms with Gasteiger partial charge in [-0.15, -0.1) is 0 Å². The summed E-state index contributed by atoms with van der Waals surface area (Å²) in [5.74, 6) is -0.454. The van der Waals surface area contributed by atoms with E-state index in [1.165, 1.54) is 0 Å². The minimum Gasteiger partial charge on any atom is -0.460 e. The number of hydrogen-bond donors (Lipinski definition) is 1. The van der Waals surface area contributed by atoms with E-state index in [0.29, 0.717) is 17.7 Å². The highest BCUT2D eigenvalue weighted by atomic mass is 16.6. The van der Waals surface area contributed by atoms with Crippen molar-refractivity contribution in [1.29, 1.82) is 0 Å². The van der Waals surface area contributed by atoms with Gasteiger partial charge in [-0.25, -0.2) is 4.79 Å². The third-order valence-electron chi connectivity index (χ3n) is 2.26. The van der Waals surface area contributed by atoms with Gasteiger partial charge in [0.05, 0.1) is 19.3 Å². The first-order chi connectivity index (χ1) is 9.29. The molecule has 1 rings (SSSR count). The molecule has 6 heteroatoms. The molecule has 0 saturated carbocycles. The smallest absolute Gasteiger partial charge is 0.333 e. The second-order valence-electron chi connectivity index (χ2n) is 4.56. The molecule has 0 spiro atoms. The average molecular weight is 285 g/mol. The largest absolute Gasteiger partial charge is 0.460 e. The van der Waals surface area contributed by atoms with Gasteiger partial charge in [0.15, 0.2) is 0 Å². The number of carbonyl (C=O) groups is 2. The fourth-order valence-corrected chi connectivity index (χ4v) is 1.15. The van der Waals surface area contributed by atoms with Crippen LogP contribution in [0.4, 0.5) is 0 Å². The van der Waals surface area contributed by atoms with Gasteiger partial charge in [0, 0.05) is 24.7 Å². The monoisotopic (exact) mass is 285 g/mol. The molecule has 1 aliphatic rings. The highest BCUT2D eigenvalue weighted by molar-refractivity contribution is 5.92. The Bertz CT molecular complexity index is 374. The second-order valence-corrected chi connectivity index (χ2v) is 4.56. The Hall–Kier alpha value is -1.66. The summed E-state index contributed by atoms with van der Waals surface area (Å²) < 4.78 is 9.45. The molecule has 6 nitrogen and oxygen atoms in total. The Morgan fingerprint density at radius 1 is 1.35 bits per heavy atom. The van der Waals surface area contributed by atoms with Crippen LogP contribution in [-0.2, 0) is 19.1 Å². The van der Waals surface area contributed by atoms with Crippen LogP contribution in [-0.4, -0.2) is 61.4 Å². The van der Waals surface area contributed by atoms with Gasteiger partial charge in [-0.3, -0.25) is 4.79 Å². The van der Waals surface area contributed by atoms with Crippen LogP contribution in [0.5, 0.6) is 0 Å². The van der Waals surface area contributed by atoms with Crippen LogP contribution in [0.2, 0.25) is 0 Å². The molecule has 0 radical (unpaired) electrons. The number of rotatable bonds is 6. The average Bonchev–Trinajstić information content (AvgIpc) is 3.19. The summed E-state index contributed by atoms with van der Waals surface area (Å²) in [6.07, 6.45) is 0.267. The number of likely N-dealkylation sites (N-methyl/N-ethyl adjacent to an activating group) is 1. The Balaban J connectivity index is 0.000000370. The van der Waals surface area contributed by atoms with Crippen molar-refractivity contribution in [3.8, 4) is 0 Å². The summed E-state index contributed by atoms with van der Waals surface area (Å²) >= 11 is 0. The van der Waals surface area contributed by atoms with Gasteiger partial charge >= 0.3 is 5.97 Å². The first-order valence-corrected chi connectivity index (χ1v) is 6.25. The number of aliphatic hydroxyl groups is 1. The lowest BCUT2D eigenvalue weighted by atomic mass is 10.3. The van der Waals surface area contributed by atoms with Crippen LogP contribution in [0.25, 0.3) is 0 Å². The predicted octanol–water partition coefficient (Wildman–Crippen LogP) is 0.518. The van der Waals surface area contributed by atoms with Gasteiger partial charge in [0.25, 0.3) is 0 Å². The van der Waals surface area contributed by atoms with Crippen LogP contribution >= 0.6 is 0 Å². The summed E-state index contributed by atoms with van der Waals surface area (Å²) in [7, 11) is 1.76. The predicted molar refractivity (Wildman–Crippen MR) is 75.0 cm³/mol. The van der Waals surface area contributed by atoms with Crippen LogP contribution < -0.4 is 0 Å². The number of hydrogen-bond acceptors (Lipinski definition) is 5. The number of ether oxygens (including phenoxy) is 2. The van der Waals surface area contributed by atoms with E-state index < -0.39 is 5.97 Å². The molecule has 1 atom stereocenters. The number of epoxide rings is 1. The lowest BCUT2D eigenvalue weighted by Gasteiger charge is -2.14. The van der Waals surface area contributed by atoms with E-state index in [9.17, 15) is 9.59 Å². The van der Waals surface area contributed by atoms with Gasteiger partial charge in [-0.1, -0.05) is 13.2 Å². The molecule has 20 heavy (non-hydrogen) atoms. The summed E-state index contributed by atoms with van der Waals surface area (Å²) in [6.45, 7) is 11.6. The molecule has 0 aromatic carbocycles. The highest BCUT2D eigenvalue weighted by Gasteiger charge is 2.25. The summed E-state index contributed by atoms with van der Waals surface area (Å²) in [4.78, 5) is 23.3. The second kappa shape index (κ2) is 9.28. The molecular formula is C14H23NO5. The molecular weight excluding hydrogens is 262 g/mol. The van der Waals surface area contributed by atoms with Gasteiger partial charge in [-0.05, 0) is 13.8 Å². The molecule has 0 aliphatic carbocycles. The van der Waals surface area contributed by atoms with E-state index in [-0.39, 0.29) is 25.2 Å². The Morgan fingerprint density at radius 3 is 2.25 bits per heavy atom.